The van der Waals surface area contributed by atoms with Gasteiger partial charge in [0, 0.05) is 0 Å². The van der Waals surface area contributed by atoms with Crippen molar-refractivity contribution in [2.24, 2.45) is 0 Å². The zero-order valence-corrected chi connectivity index (χ0v) is 13.7. The second-order valence-corrected chi connectivity index (χ2v) is 8.39. The van der Waals surface area contributed by atoms with Crippen molar-refractivity contribution in [3.05, 3.63) is 29.8 Å². The van der Waals surface area contributed by atoms with Gasteiger partial charge in [0.1, 0.15) is 12.4 Å². The summed E-state index contributed by atoms with van der Waals surface area (Å²) in [7, 11) is -3.20. The normalized spacial score (nSPS) is 12.0. The lowest BCUT2D eigenvalue weighted by Gasteiger charge is -2.19. The summed E-state index contributed by atoms with van der Waals surface area (Å²) in [6, 6.07) is 6.42. The first-order valence-corrected chi connectivity index (χ1v) is 8.45. The maximum atomic E-state index is 11.9. The van der Waals surface area contributed by atoms with Crippen molar-refractivity contribution in [2.75, 3.05) is 19.0 Å². The summed E-state index contributed by atoms with van der Waals surface area (Å²) >= 11 is 0. The third-order valence-corrected chi connectivity index (χ3v) is 5.49. The van der Waals surface area contributed by atoms with Gasteiger partial charge in [-0.1, -0.05) is 0 Å². The number of sulfone groups is 1. The molecule has 0 saturated carbocycles. The van der Waals surface area contributed by atoms with Gasteiger partial charge in [-0.05, 0) is 52.0 Å². The molecule has 0 unspecified atom stereocenters. The second kappa shape index (κ2) is 6.93. The van der Waals surface area contributed by atoms with Crippen LogP contribution in [0.3, 0.4) is 0 Å². The molecule has 0 heterocycles. The molecule has 21 heavy (non-hydrogen) atoms. The van der Waals surface area contributed by atoms with E-state index in [1.807, 2.05) is 0 Å². The van der Waals surface area contributed by atoms with Crippen molar-refractivity contribution >= 4 is 15.8 Å². The van der Waals surface area contributed by atoms with Crippen LogP contribution in [-0.2, 0) is 14.6 Å². The van der Waals surface area contributed by atoms with E-state index in [1.165, 1.54) is 0 Å². The number of carbonyl (C=O) groups excluding carboxylic acids is 1. The summed E-state index contributed by atoms with van der Waals surface area (Å²) in [5.41, 5.74) is 0.437. The smallest absolute Gasteiger partial charge is 0.338 e. The van der Waals surface area contributed by atoms with E-state index in [2.05, 4.69) is 0 Å². The number of carbonyl (C=O) groups is 1. The minimum Gasteiger partial charge on any atom is -0.493 e. The molecule has 1 rings (SSSR count). The van der Waals surface area contributed by atoms with E-state index in [4.69, 9.17) is 9.47 Å². The molecular weight excluding hydrogens is 292 g/mol. The van der Waals surface area contributed by atoms with Crippen molar-refractivity contribution in [1.82, 2.24) is 0 Å². The molecule has 0 spiro atoms. The largest absolute Gasteiger partial charge is 0.493 e. The van der Waals surface area contributed by atoms with E-state index >= 15 is 0 Å². The Labute approximate surface area is 126 Å². The molecule has 0 fully saturated rings. The molecule has 0 radical (unpaired) electrons. The average Bonchev–Trinajstić information content (AvgIpc) is 2.38. The fraction of sp³-hybridized carbons (Fsp3) is 0.533. The monoisotopic (exact) mass is 314 g/mol. The molecule has 0 aliphatic rings. The van der Waals surface area contributed by atoms with Crippen molar-refractivity contribution < 1.29 is 22.7 Å². The zero-order chi connectivity index (χ0) is 16.1. The molecule has 6 heteroatoms. The van der Waals surface area contributed by atoms with E-state index in [1.54, 1.807) is 52.0 Å². The quantitative estimate of drug-likeness (QED) is 0.754. The van der Waals surface area contributed by atoms with Gasteiger partial charge < -0.3 is 9.47 Å². The predicted molar refractivity (Wildman–Crippen MR) is 81.4 cm³/mol. The SMILES string of the molecule is CCOC(=O)c1ccc(OCCS(=O)(=O)C(C)(C)C)cc1. The Bertz CT molecular complexity index is 567. The lowest BCUT2D eigenvalue weighted by molar-refractivity contribution is 0.0526. The van der Waals surface area contributed by atoms with Crippen molar-refractivity contribution in [3.63, 3.8) is 0 Å². The molecule has 5 nitrogen and oxygen atoms in total. The Morgan fingerprint density at radius 1 is 1.14 bits per heavy atom. The fourth-order valence-corrected chi connectivity index (χ4v) is 2.39. The molecule has 0 bridgehead atoms. The Morgan fingerprint density at radius 2 is 1.71 bits per heavy atom. The Kier molecular flexibility index (Phi) is 5.78. The van der Waals surface area contributed by atoms with Gasteiger partial charge in [0.2, 0.25) is 0 Å². The zero-order valence-electron chi connectivity index (χ0n) is 12.9. The standard InChI is InChI=1S/C15H22O5S/c1-5-19-14(16)12-6-8-13(9-7-12)20-10-11-21(17,18)15(2,3)4/h6-9H,5,10-11H2,1-4H3. The summed E-state index contributed by atoms with van der Waals surface area (Å²) in [4.78, 5) is 11.5. The third-order valence-electron chi connectivity index (χ3n) is 2.92. The highest BCUT2D eigenvalue weighted by Gasteiger charge is 2.28. The van der Waals surface area contributed by atoms with Crippen LogP contribution < -0.4 is 4.74 Å². The predicted octanol–water partition coefficient (Wildman–Crippen LogP) is 2.46. The van der Waals surface area contributed by atoms with Gasteiger partial charge in [-0.2, -0.15) is 0 Å². The average molecular weight is 314 g/mol. The minimum atomic E-state index is -3.20. The molecular formula is C15H22O5S. The molecule has 118 valence electrons. The Hall–Kier alpha value is -1.56. The Balaban J connectivity index is 2.56. The summed E-state index contributed by atoms with van der Waals surface area (Å²) < 4.78 is 33.3. The number of hydrogen-bond donors (Lipinski definition) is 0. The van der Waals surface area contributed by atoms with Crippen molar-refractivity contribution in [3.8, 4) is 5.75 Å². The number of esters is 1. The van der Waals surface area contributed by atoms with Crippen LogP contribution in [0.4, 0.5) is 0 Å². The van der Waals surface area contributed by atoms with Crippen LogP contribution in [0.5, 0.6) is 5.75 Å². The highest BCUT2D eigenvalue weighted by atomic mass is 32.2. The van der Waals surface area contributed by atoms with Crippen molar-refractivity contribution in [1.29, 1.82) is 0 Å². The van der Waals surface area contributed by atoms with Crippen LogP contribution in [0.15, 0.2) is 24.3 Å². The molecule has 0 saturated heterocycles. The summed E-state index contributed by atoms with van der Waals surface area (Å²) in [6.45, 7) is 7.13. The first-order chi connectivity index (χ1) is 9.67. The molecule has 0 aliphatic heterocycles. The van der Waals surface area contributed by atoms with Crippen molar-refractivity contribution in [2.45, 2.75) is 32.4 Å². The number of ether oxygens (including phenoxy) is 2. The van der Waals surface area contributed by atoms with E-state index in [0.29, 0.717) is 17.9 Å². The Morgan fingerprint density at radius 3 is 2.19 bits per heavy atom. The van der Waals surface area contributed by atoms with Crippen LogP contribution in [0.2, 0.25) is 0 Å². The summed E-state index contributed by atoms with van der Waals surface area (Å²) in [6.07, 6.45) is 0. The van der Waals surface area contributed by atoms with Gasteiger partial charge in [-0.15, -0.1) is 0 Å². The van der Waals surface area contributed by atoms with Gasteiger partial charge in [0.25, 0.3) is 0 Å². The molecule has 0 N–H and O–H groups in total. The lowest BCUT2D eigenvalue weighted by Crippen LogP contribution is -2.32. The molecule has 1 aromatic carbocycles. The number of benzene rings is 1. The third kappa shape index (κ3) is 5.04. The van der Waals surface area contributed by atoms with Crippen LogP contribution in [0, 0.1) is 0 Å². The number of hydrogen-bond acceptors (Lipinski definition) is 5. The van der Waals surface area contributed by atoms with E-state index in [9.17, 15) is 13.2 Å². The van der Waals surface area contributed by atoms with Crippen LogP contribution in [0.1, 0.15) is 38.1 Å². The lowest BCUT2D eigenvalue weighted by atomic mass is 10.2. The molecule has 0 atom stereocenters. The van der Waals surface area contributed by atoms with Crippen LogP contribution in [0.25, 0.3) is 0 Å². The summed E-state index contributed by atoms with van der Waals surface area (Å²) in [5.74, 6) is 0.0855. The second-order valence-electron chi connectivity index (χ2n) is 5.52. The van der Waals surface area contributed by atoms with Gasteiger partial charge in [0.15, 0.2) is 9.84 Å². The van der Waals surface area contributed by atoms with Gasteiger partial charge in [-0.3, -0.25) is 0 Å². The van der Waals surface area contributed by atoms with E-state index < -0.39 is 14.6 Å². The first-order valence-electron chi connectivity index (χ1n) is 6.79. The highest BCUT2D eigenvalue weighted by molar-refractivity contribution is 7.92. The van der Waals surface area contributed by atoms with E-state index in [-0.39, 0.29) is 18.3 Å². The van der Waals surface area contributed by atoms with Gasteiger partial charge >= 0.3 is 5.97 Å². The highest BCUT2D eigenvalue weighted by Crippen LogP contribution is 2.17. The number of rotatable bonds is 6. The van der Waals surface area contributed by atoms with Gasteiger partial charge in [-0.25, -0.2) is 13.2 Å². The molecule has 0 aromatic heterocycles. The maximum absolute atomic E-state index is 11.9. The van der Waals surface area contributed by atoms with Crippen LogP contribution in [-0.4, -0.2) is 38.1 Å². The molecule has 1 aromatic rings. The topological polar surface area (TPSA) is 69.7 Å². The maximum Gasteiger partial charge on any atom is 0.338 e. The minimum absolute atomic E-state index is 0.0455. The fourth-order valence-electron chi connectivity index (χ4n) is 1.48. The summed E-state index contributed by atoms with van der Waals surface area (Å²) in [5, 5.41) is 0. The van der Waals surface area contributed by atoms with Crippen LogP contribution >= 0.6 is 0 Å². The van der Waals surface area contributed by atoms with E-state index in [0.717, 1.165) is 0 Å². The first kappa shape index (κ1) is 17.5. The molecule has 0 amide bonds. The van der Waals surface area contributed by atoms with Gasteiger partial charge in [0.05, 0.1) is 22.7 Å². The molecule has 0 aliphatic carbocycles.